The molecule has 0 saturated heterocycles. The fraction of sp³-hybridized carbons (Fsp3) is 0.952. The van der Waals surface area contributed by atoms with Crippen LogP contribution in [0, 0.1) is 0 Å². The summed E-state index contributed by atoms with van der Waals surface area (Å²) >= 11 is 0. The van der Waals surface area contributed by atoms with E-state index in [-0.39, 0.29) is 40.4 Å². The quantitative estimate of drug-likeness (QED) is 0.0337. The summed E-state index contributed by atoms with van der Waals surface area (Å²) in [6.45, 7) is 71.9. The third-order valence-electron chi connectivity index (χ3n) is 13.6. The number of hydrogen-bond donors (Lipinski definition) is 0. The van der Waals surface area contributed by atoms with Crippen LogP contribution >= 0.6 is 0 Å². The molecule has 0 aliphatic heterocycles. The Hall–Kier alpha value is 0.509. The fourth-order valence-electron chi connectivity index (χ4n) is 11.5. The van der Waals surface area contributed by atoms with Crippen LogP contribution in [0.25, 0.3) is 0 Å². The summed E-state index contributed by atoms with van der Waals surface area (Å²) < 4.78 is 119. The zero-order chi connectivity index (χ0) is 75.5. The van der Waals surface area contributed by atoms with Gasteiger partial charge in [0.25, 0.3) is 0 Å². The first kappa shape index (κ1) is 97.5. The predicted octanol–water partition coefficient (Wildman–Crippen LogP) is 15.3. The molecule has 1 heterocycles. The van der Waals surface area contributed by atoms with Crippen molar-refractivity contribution in [3.63, 3.8) is 0 Å². The third-order valence-corrected chi connectivity index (χ3v) is 53.5. The maximum atomic E-state index is 6.92. The lowest BCUT2D eigenvalue weighted by Crippen LogP contribution is -2.52. The van der Waals surface area contributed by atoms with Crippen molar-refractivity contribution in [2.45, 2.75) is 273 Å². The molecule has 0 N–H and O–H groups in total. The van der Waals surface area contributed by atoms with Crippen LogP contribution in [-0.2, 0) is 79.4 Å². The second-order valence-corrected chi connectivity index (χ2v) is 83.6. The van der Waals surface area contributed by atoms with Crippen LogP contribution in [0.1, 0.15) is 73.1 Å². The van der Waals surface area contributed by atoms with Crippen molar-refractivity contribution >= 4 is 129 Å². The number of ether oxygens (including phenoxy) is 6. The van der Waals surface area contributed by atoms with Gasteiger partial charge < -0.3 is 79.4 Å². The van der Waals surface area contributed by atoms with E-state index in [9.17, 15) is 0 Å². The average molecular weight is 1630 g/mol. The highest BCUT2D eigenvalue weighted by Crippen LogP contribution is 2.30. The lowest BCUT2D eigenvalue weighted by atomic mass is 10.5. The van der Waals surface area contributed by atoms with Crippen molar-refractivity contribution in [1.29, 1.82) is 0 Å². The highest BCUT2D eigenvalue weighted by molar-refractivity contribution is 6.89. The molecule has 0 bridgehead atoms. The topological polar surface area (TPSA) is 215 Å². The number of rotatable bonds is 63. The molecule has 1 unspecified atom stereocenters. The summed E-state index contributed by atoms with van der Waals surface area (Å²) in [6.07, 6.45) is 4.47. The van der Waals surface area contributed by atoms with E-state index in [1.165, 1.54) is 0 Å². The van der Waals surface area contributed by atoms with E-state index >= 15 is 0 Å². The Morgan fingerprint density at radius 2 is 0.545 bits per heavy atom. The highest BCUT2D eigenvalue weighted by Gasteiger charge is 2.44. The average Bonchev–Trinajstić information content (AvgIpc) is 0.826. The Morgan fingerprint density at radius 1 is 0.303 bits per heavy atom. The van der Waals surface area contributed by atoms with Crippen molar-refractivity contribution in [2.75, 3.05) is 128 Å². The van der Waals surface area contributed by atoms with Gasteiger partial charge in [0.1, 0.15) is 40.4 Å². The van der Waals surface area contributed by atoms with E-state index in [0.717, 1.165) is 62.3 Å². The summed E-state index contributed by atoms with van der Waals surface area (Å²) in [5, 5.41) is 0. The van der Waals surface area contributed by atoms with Crippen LogP contribution < -0.4 is 14.7 Å². The number of hydrogen-bond acceptors (Lipinski definition) is 24. The standard InChI is InChI=1S/C62H150N6O18Si13/c1-31-75-88(76-32-2)49-37-43-70-55-67(57-72-45-39-51-97(29,83-92(16,17)18)84-93(19,20)21)61-63-60(66(54-69-42-36-48-87(6)80-89(7,8)9)56-71-44-38-50-96(28,81-90(10,11)12)82-91(13,14)15)64-62(65-61)68(59-74-47-41-53-99(77-33-3,78-34-4)79-35-5)58-73-46-40-52-98(30,85-94(22,23)24)86-95(25,26)27/h87-88H,31-59H2,1-30H3. The van der Waals surface area contributed by atoms with Crippen LogP contribution in [0.15, 0.2) is 0 Å². The van der Waals surface area contributed by atoms with Crippen LogP contribution in [0.5, 0.6) is 0 Å². The Bertz CT molecular complexity index is 2200. The van der Waals surface area contributed by atoms with Gasteiger partial charge in [-0.2, -0.15) is 15.0 Å². The molecule has 37 heteroatoms. The second kappa shape index (κ2) is 47.4. The van der Waals surface area contributed by atoms with Gasteiger partial charge in [0.15, 0.2) is 67.3 Å². The molecule has 24 nitrogen and oxygen atoms in total. The minimum atomic E-state index is -2.96. The largest absolute Gasteiger partial charge is 0.501 e. The molecular weight excluding hydrogens is 1480 g/mol. The smallest absolute Gasteiger partial charge is 0.458 e. The first-order valence-electron chi connectivity index (χ1n) is 37.1. The molecular formula is C62H150N6O18Si13. The number of anilines is 3. The monoisotopic (exact) mass is 1630 g/mol. The molecule has 0 fully saturated rings. The molecule has 0 spiro atoms. The normalized spacial score (nSPS) is 14.1. The third kappa shape index (κ3) is 50.0. The highest BCUT2D eigenvalue weighted by atomic mass is 28.5. The van der Waals surface area contributed by atoms with Crippen LogP contribution in [0.3, 0.4) is 0 Å². The Morgan fingerprint density at radius 3 is 0.778 bits per heavy atom. The Labute approximate surface area is 619 Å². The van der Waals surface area contributed by atoms with E-state index in [4.69, 9.17) is 94.3 Å². The minimum absolute atomic E-state index is 0.0782. The van der Waals surface area contributed by atoms with E-state index in [0.29, 0.717) is 103 Å². The van der Waals surface area contributed by atoms with Crippen molar-refractivity contribution in [1.82, 2.24) is 15.0 Å². The molecule has 0 radical (unpaired) electrons. The van der Waals surface area contributed by atoms with Gasteiger partial charge in [0, 0.05) is 78.7 Å². The van der Waals surface area contributed by atoms with E-state index in [1.807, 2.05) is 49.3 Å². The molecule has 1 aromatic heterocycles. The van der Waals surface area contributed by atoms with Gasteiger partial charge in [-0.25, -0.2) is 0 Å². The SMILES string of the molecule is CCO[SiH](CCCOCN(COCCC[Si](C)(O[Si](C)(C)C)O[Si](C)(C)C)c1nc(N(COCCC[SiH](C)O[Si](C)(C)C)COCCC[Si](C)(O[Si](C)(C)C)O[Si](C)(C)C)nc(N(COCCC[Si](C)(O[Si](C)(C)C)O[Si](C)(C)C)COCCC[Si](OCC)(OCC)OCC)n1)OCC. The van der Waals surface area contributed by atoms with E-state index in [1.54, 1.807) is 0 Å². The van der Waals surface area contributed by atoms with Gasteiger partial charge in [-0.1, -0.05) is 0 Å². The summed E-state index contributed by atoms with van der Waals surface area (Å²) in [5.74, 6) is 0.989. The van der Waals surface area contributed by atoms with E-state index < -0.39 is 111 Å². The summed E-state index contributed by atoms with van der Waals surface area (Å²) in [6, 6.07) is 4.77. The Kier molecular flexibility index (Phi) is 46.7. The van der Waals surface area contributed by atoms with Gasteiger partial charge in [0.2, 0.25) is 17.8 Å². The first-order valence-corrected chi connectivity index (χ1v) is 74.7. The molecule has 99 heavy (non-hydrogen) atoms. The summed E-state index contributed by atoms with van der Waals surface area (Å²) in [4.78, 5) is 21.8. The molecule has 1 aromatic rings. The van der Waals surface area contributed by atoms with Gasteiger partial charge in [-0.15, -0.1) is 0 Å². The molecule has 0 saturated carbocycles. The lowest BCUT2D eigenvalue weighted by Gasteiger charge is -2.38. The van der Waals surface area contributed by atoms with E-state index in [2.05, 4.69) is 164 Å². The molecule has 0 aromatic carbocycles. The minimum Gasteiger partial charge on any atom is -0.458 e. The Balaban J connectivity index is 4.34. The number of aromatic nitrogens is 3. The fourth-order valence-corrected chi connectivity index (χ4v) is 59.3. The zero-order valence-electron chi connectivity index (χ0n) is 68.7. The molecule has 588 valence electrons. The lowest BCUT2D eigenvalue weighted by molar-refractivity contribution is 0.0617. The van der Waals surface area contributed by atoms with Crippen molar-refractivity contribution in [2.24, 2.45) is 0 Å². The molecule has 0 aliphatic carbocycles. The maximum Gasteiger partial charge on any atom is 0.501 e. The zero-order valence-corrected chi connectivity index (χ0v) is 82.0. The van der Waals surface area contributed by atoms with Crippen molar-refractivity contribution in [3.05, 3.63) is 0 Å². The van der Waals surface area contributed by atoms with Gasteiger partial charge in [0.05, 0.1) is 0 Å². The summed E-state index contributed by atoms with van der Waals surface area (Å²) in [5.41, 5.74) is 0. The van der Waals surface area contributed by atoms with Crippen LogP contribution in [-0.4, -0.2) is 239 Å². The molecule has 1 atom stereocenters. The summed E-state index contributed by atoms with van der Waals surface area (Å²) in [7, 11) is -27.2. The molecule has 0 amide bonds. The van der Waals surface area contributed by atoms with Gasteiger partial charge >= 0.3 is 43.8 Å². The van der Waals surface area contributed by atoms with Gasteiger partial charge in [-0.3, -0.25) is 14.7 Å². The van der Waals surface area contributed by atoms with Crippen molar-refractivity contribution in [3.8, 4) is 0 Å². The van der Waals surface area contributed by atoms with Crippen LogP contribution in [0.2, 0.25) is 200 Å². The second-order valence-electron chi connectivity index (χ2n) is 32.8. The molecule has 0 aliphatic rings. The maximum absolute atomic E-state index is 6.92. The first-order chi connectivity index (χ1) is 45.6. The van der Waals surface area contributed by atoms with Gasteiger partial charge in [-0.05, 0) is 267 Å². The molecule has 1 rings (SSSR count). The van der Waals surface area contributed by atoms with Crippen LogP contribution in [0.4, 0.5) is 17.8 Å². The predicted molar refractivity (Wildman–Crippen MR) is 439 cm³/mol. The number of nitrogens with zero attached hydrogens (tertiary/aromatic N) is 6. The van der Waals surface area contributed by atoms with Crippen molar-refractivity contribution < 1.29 is 79.4 Å².